The Morgan fingerprint density at radius 2 is 1.88 bits per heavy atom. The van der Waals surface area contributed by atoms with Crippen molar-refractivity contribution in [1.82, 2.24) is 20.3 Å². The summed E-state index contributed by atoms with van der Waals surface area (Å²) >= 11 is 1.42. The van der Waals surface area contributed by atoms with Gasteiger partial charge in [-0.25, -0.2) is 4.98 Å². The van der Waals surface area contributed by atoms with Crippen molar-refractivity contribution in [1.29, 1.82) is 0 Å². The minimum atomic E-state index is -0.0134. The van der Waals surface area contributed by atoms with Crippen LogP contribution in [-0.2, 0) is 17.8 Å². The number of aromatic amines is 1. The molecule has 0 aliphatic carbocycles. The Kier molecular flexibility index (Phi) is 5.85. The zero-order valence-corrected chi connectivity index (χ0v) is 14.8. The average Bonchev–Trinajstić information content (AvgIpc) is 2.99. The zero-order valence-electron chi connectivity index (χ0n) is 14.0. The lowest BCUT2D eigenvalue weighted by atomic mass is 10.1. The number of carbonyl (C=O) groups excluding carboxylic acids is 1. The molecule has 25 heavy (non-hydrogen) atoms. The summed E-state index contributed by atoms with van der Waals surface area (Å²) in [5.41, 5.74) is 4.32. The van der Waals surface area contributed by atoms with E-state index >= 15 is 0 Å². The van der Waals surface area contributed by atoms with Crippen LogP contribution in [0.3, 0.4) is 0 Å². The predicted octanol–water partition coefficient (Wildman–Crippen LogP) is 3.11. The molecule has 3 rings (SSSR count). The molecule has 0 unspecified atom stereocenters. The van der Waals surface area contributed by atoms with Crippen molar-refractivity contribution in [3.05, 3.63) is 77.4 Å². The van der Waals surface area contributed by atoms with Gasteiger partial charge in [0.1, 0.15) is 0 Å². The summed E-state index contributed by atoms with van der Waals surface area (Å²) in [5, 5.41) is 3.68. The van der Waals surface area contributed by atoms with Crippen molar-refractivity contribution < 1.29 is 4.79 Å². The molecule has 3 aromatic rings. The van der Waals surface area contributed by atoms with Gasteiger partial charge in [0.25, 0.3) is 0 Å². The van der Waals surface area contributed by atoms with Crippen LogP contribution >= 0.6 is 11.8 Å². The summed E-state index contributed by atoms with van der Waals surface area (Å²) < 4.78 is 0. The monoisotopic (exact) mass is 352 g/mol. The highest BCUT2D eigenvalue weighted by atomic mass is 32.2. The van der Waals surface area contributed by atoms with E-state index in [1.54, 1.807) is 12.4 Å². The third kappa shape index (κ3) is 5.19. The van der Waals surface area contributed by atoms with E-state index < -0.39 is 0 Å². The topological polar surface area (TPSA) is 70.7 Å². The Balaban J connectivity index is 1.50. The lowest BCUT2D eigenvalue weighted by Crippen LogP contribution is -2.24. The number of pyridine rings is 1. The van der Waals surface area contributed by atoms with E-state index in [1.165, 1.54) is 17.3 Å². The largest absolute Gasteiger partial charge is 0.351 e. The standard InChI is InChI=1S/C19H20N4OS/c1-14-17(11-15-5-3-2-4-6-15)23-19(22-14)25-13-18(24)21-12-16-7-9-20-10-8-16/h2-10H,11-13H2,1H3,(H,21,24)(H,22,23). The normalized spacial score (nSPS) is 10.6. The molecule has 5 nitrogen and oxygen atoms in total. The van der Waals surface area contributed by atoms with E-state index in [4.69, 9.17) is 0 Å². The number of hydrogen-bond acceptors (Lipinski definition) is 4. The summed E-state index contributed by atoms with van der Waals surface area (Å²) in [7, 11) is 0. The Morgan fingerprint density at radius 3 is 2.64 bits per heavy atom. The molecular weight excluding hydrogens is 332 g/mol. The highest BCUT2D eigenvalue weighted by Gasteiger charge is 2.10. The SMILES string of the molecule is Cc1[nH]c(SCC(=O)NCc2ccncc2)nc1Cc1ccccc1. The molecule has 1 amide bonds. The van der Waals surface area contributed by atoms with E-state index in [-0.39, 0.29) is 5.91 Å². The minimum Gasteiger partial charge on any atom is -0.351 e. The van der Waals surface area contributed by atoms with Gasteiger partial charge in [0.15, 0.2) is 5.16 Å². The molecule has 1 aromatic carbocycles. The number of nitrogens with zero attached hydrogens (tertiary/aromatic N) is 2. The molecule has 2 N–H and O–H groups in total. The predicted molar refractivity (Wildman–Crippen MR) is 99.4 cm³/mol. The molecule has 0 radical (unpaired) electrons. The van der Waals surface area contributed by atoms with Crippen LogP contribution in [0.25, 0.3) is 0 Å². The number of carbonyl (C=O) groups is 1. The van der Waals surface area contributed by atoms with Crippen LogP contribution in [0, 0.1) is 6.92 Å². The van der Waals surface area contributed by atoms with Gasteiger partial charge in [-0.2, -0.15) is 0 Å². The van der Waals surface area contributed by atoms with Gasteiger partial charge < -0.3 is 10.3 Å². The van der Waals surface area contributed by atoms with Crippen LogP contribution in [0.1, 0.15) is 22.5 Å². The first-order valence-corrected chi connectivity index (χ1v) is 9.07. The molecule has 2 aromatic heterocycles. The van der Waals surface area contributed by atoms with Gasteiger partial charge in [-0.05, 0) is 30.2 Å². The number of thioether (sulfide) groups is 1. The minimum absolute atomic E-state index is 0.0134. The van der Waals surface area contributed by atoms with E-state index in [0.29, 0.717) is 12.3 Å². The zero-order chi connectivity index (χ0) is 17.5. The summed E-state index contributed by atoms with van der Waals surface area (Å²) in [4.78, 5) is 23.8. The molecule has 0 saturated heterocycles. The van der Waals surface area contributed by atoms with Gasteiger partial charge in [-0.3, -0.25) is 9.78 Å². The molecule has 0 bridgehead atoms. The molecule has 0 spiro atoms. The first-order valence-electron chi connectivity index (χ1n) is 8.08. The fourth-order valence-corrected chi connectivity index (χ4v) is 3.15. The number of nitrogens with one attached hydrogen (secondary N) is 2. The van der Waals surface area contributed by atoms with E-state index in [9.17, 15) is 4.79 Å². The summed E-state index contributed by atoms with van der Waals surface area (Å²) in [6.07, 6.45) is 4.23. The maximum Gasteiger partial charge on any atom is 0.230 e. The Morgan fingerprint density at radius 1 is 1.12 bits per heavy atom. The molecule has 0 aliphatic heterocycles. The van der Waals surface area contributed by atoms with Crippen LogP contribution in [0.15, 0.2) is 60.0 Å². The van der Waals surface area contributed by atoms with Gasteiger partial charge in [0.05, 0.1) is 11.4 Å². The second-order valence-corrected chi connectivity index (χ2v) is 6.66. The van der Waals surface area contributed by atoms with Crippen molar-refractivity contribution in [2.75, 3.05) is 5.75 Å². The highest BCUT2D eigenvalue weighted by Crippen LogP contribution is 2.18. The number of H-pyrrole nitrogens is 1. The van der Waals surface area contributed by atoms with E-state index in [1.807, 2.05) is 37.3 Å². The van der Waals surface area contributed by atoms with Crippen molar-refractivity contribution >= 4 is 17.7 Å². The first kappa shape index (κ1) is 17.2. The summed E-state index contributed by atoms with van der Waals surface area (Å²) in [6, 6.07) is 14.0. The van der Waals surface area contributed by atoms with Crippen LogP contribution in [0.2, 0.25) is 0 Å². The lowest BCUT2D eigenvalue weighted by molar-refractivity contribution is -0.118. The second kappa shape index (κ2) is 8.48. The van der Waals surface area contributed by atoms with Gasteiger partial charge in [-0.15, -0.1) is 0 Å². The number of aryl methyl sites for hydroxylation is 1. The molecule has 0 atom stereocenters. The number of hydrogen-bond donors (Lipinski definition) is 2. The average molecular weight is 352 g/mol. The number of imidazole rings is 1. The molecule has 0 saturated carbocycles. The van der Waals surface area contributed by atoms with Crippen molar-refractivity contribution in [2.24, 2.45) is 0 Å². The van der Waals surface area contributed by atoms with Crippen LogP contribution < -0.4 is 5.32 Å². The van der Waals surface area contributed by atoms with E-state index in [2.05, 4.69) is 32.4 Å². The molecule has 128 valence electrons. The summed E-state index contributed by atoms with van der Waals surface area (Å²) in [6.45, 7) is 2.52. The molecule has 6 heteroatoms. The maximum atomic E-state index is 12.0. The Bertz CT molecular complexity index is 818. The Hall–Kier alpha value is -2.60. The number of benzene rings is 1. The van der Waals surface area contributed by atoms with Crippen LogP contribution in [-0.4, -0.2) is 26.6 Å². The smallest absolute Gasteiger partial charge is 0.230 e. The third-order valence-electron chi connectivity index (χ3n) is 3.76. The lowest BCUT2D eigenvalue weighted by Gasteiger charge is -2.04. The molecule has 0 aliphatic rings. The number of rotatable bonds is 7. The van der Waals surface area contributed by atoms with Crippen molar-refractivity contribution in [3.63, 3.8) is 0 Å². The fraction of sp³-hybridized carbons (Fsp3) is 0.211. The van der Waals surface area contributed by atoms with Gasteiger partial charge in [0, 0.05) is 31.1 Å². The van der Waals surface area contributed by atoms with Crippen LogP contribution in [0.4, 0.5) is 0 Å². The quantitative estimate of drug-likeness (QED) is 0.641. The molecule has 0 fully saturated rings. The number of amides is 1. The van der Waals surface area contributed by atoms with Crippen molar-refractivity contribution in [3.8, 4) is 0 Å². The fourth-order valence-electron chi connectivity index (χ4n) is 2.38. The number of aromatic nitrogens is 3. The van der Waals surface area contributed by atoms with Gasteiger partial charge in [0.2, 0.25) is 5.91 Å². The maximum absolute atomic E-state index is 12.0. The Labute approximate surface area is 151 Å². The molecular formula is C19H20N4OS. The van der Waals surface area contributed by atoms with Crippen LogP contribution in [0.5, 0.6) is 0 Å². The summed E-state index contributed by atoms with van der Waals surface area (Å²) in [5.74, 6) is 0.323. The molecule has 2 heterocycles. The third-order valence-corrected chi connectivity index (χ3v) is 4.63. The van der Waals surface area contributed by atoms with Crippen molar-refractivity contribution in [2.45, 2.75) is 25.0 Å². The second-order valence-electron chi connectivity index (χ2n) is 5.70. The first-order chi connectivity index (χ1) is 12.2. The van der Waals surface area contributed by atoms with E-state index in [0.717, 1.165) is 28.5 Å². The van der Waals surface area contributed by atoms with Gasteiger partial charge >= 0.3 is 0 Å². The highest BCUT2D eigenvalue weighted by molar-refractivity contribution is 7.99. The van der Waals surface area contributed by atoms with Gasteiger partial charge in [-0.1, -0.05) is 42.1 Å².